The Bertz CT molecular complexity index is 850. The van der Waals surface area contributed by atoms with Crippen molar-refractivity contribution in [3.63, 3.8) is 0 Å². The molecule has 0 bridgehead atoms. The Morgan fingerprint density at radius 2 is 1.84 bits per heavy atom. The molecule has 2 aromatic rings. The summed E-state index contributed by atoms with van der Waals surface area (Å²) < 4.78 is 11.4. The van der Waals surface area contributed by atoms with E-state index in [1.54, 1.807) is 36.4 Å². The second-order valence-electron chi connectivity index (χ2n) is 5.18. The van der Waals surface area contributed by atoms with Gasteiger partial charge in [0.1, 0.15) is 0 Å². The van der Waals surface area contributed by atoms with Crippen LogP contribution in [0, 0.1) is 0 Å². The monoisotopic (exact) mass is 403 g/mol. The van der Waals surface area contributed by atoms with Crippen LogP contribution in [-0.4, -0.2) is 24.8 Å². The molecule has 2 amide bonds. The molecule has 0 fully saturated rings. The van der Waals surface area contributed by atoms with E-state index < -0.39 is 0 Å². The maximum Gasteiger partial charge on any atom is 0.271 e. The fraction of sp³-hybridized carbons (Fsp3) is 0.118. The summed E-state index contributed by atoms with van der Waals surface area (Å²) in [5.74, 6) is 0.760. The summed E-state index contributed by atoms with van der Waals surface area (Å²) in [7, 11) is 0. The van der Waals surface area contributed by atoms with Crippen molar-refractivity contribution in [1.29, 1.82) is 0 Å². The fourth-order valence-electron chi connectivity index (χ4n) is 2.17. The van der Waals surface area contributed by atoms with Crippen molar-refractivity contribution in [3.8, 4) is 11.5 Å². The Morgan fingerprint density at radius 3 is 2.52 bits per heavy atom. The number of ether oxygens (including phenoxy) is 2. The van der Waals surface area contributed by atoms with Gasteiger partial charge in [-0.15, -0.1) is 0 Å². The van der Waals surface area contributed by atoms with Gasteiger partial charge < -0.3 is 14.8 Å². The lowest BCUT2D eigenvalue weighted by Crippen LogP contribution is -2.17. The van der Waals surface area contributed by atoms with Gasteiger partial charge in [0, 0.05) is 28.2 Å². The van der Waals surface area contributed by atoms with Crippen LogP contribution in [0.5, 0.6) is 11.5 Å². The van der Waals surface area contributed by atoms with Crippen molar-refractivity contribution in [3.05, 3.63) is 52.0 Å². The Hall–Kier alpha value is -2.87. The van der Waals surface area contributed by atoms with Gasteiger partial charge in [-0.3, -0.25) is 9.59 Å². The van der Waals surface area contributed by atoms with Gasteiger partial charge in [0.15, 0.2) is 11.5 Å². The molecule has 3 rings (SSSR count). The standard InChI is InChI=1S/C17H14BrN3O4/c1-10(22)20-13-4-2-11(3-5-13)17(23)21-19-8-12-6-15-16(7-14(12)18)25-9-24-15/h2-8H,9H2,1H3,(H,20,22)(H,21,23). The third kappa shape index (κ3) is 4.16. The Morgan fingerprint density at radius 1 is 1.16 bits per heavy atom. The molecule has 0 aromatic heterocycles. The summed E-state index contributed by atoms with van der Waals surface area (Å²) in [6.45, 7) is 1.61. The number of fused-ring (bicyclic) bond motifs is 1. The lowest BCUT2D eigenvalue weighted by molar-refractivity contribution is -0.114. The summed E-state index contributed by atoms with van der Waals surface area (Å²) in [6.07, 6.45) is 1.51. The molecular formula is C17H14BrN3O4. The maximum atomic E-state index is 12.1. The third-order valence-corrected chi connectivity index (χ3v) is 4.02. The molecular weight excluding hydrogens is 390 g/mol. The highest BCUT2D eigenvalue weighted by Gasteiger charge is 2.15. The summed E-state index contributed by atoms with van der Waals surface area (Å²) in [6, 6.07) is 10.1. The SMILES string of the molecule is CC(=O)Nc1ccc(C(=O)NN=Cc2cc3c(cc2Br)OCO3)cc1. The minimum absolute atomic E-state index is 0.170. The number of benzene rings is 2. The average molecular weight is 404 g/mol. The second kappa shape index (κ2) is 7.35. The van der Waals surface area contributed by atoms with E-state index in [2.05, 4.69) is 31.8 Å². The van der Waals surface area contributed by atoms with E-state index in [-0.39, 0.29) is 18.6 Å². The molecule has 0 unspecified atom stereocenters. The van der Waals surface area contributed by atoms with Crippen LogP contribution in [0.1, 0.15) is 22.8 Å². The predicted molar refractivity (Wildman–Crippen MR) is 96.1 cm³/mol. The topological polar surface area (TPSA) is 89.0 Å². The van der Waals surface area contributed by atoms with Crippen LogP contribution in [0.4, 0.5) is 5.69 Å². The number of hydrogen-bond acceptors (Lipinski definition) is 5. The number of carbonyl (C=O) groups is 2. The Balaban J connectivity index is 1.64. The number of hydrazone groups is 1. The highest BCUT2D eigenvalue weighted by Crippen LogP contribution is 2.36. The largest absolute Gasteiger partial charge is 0.454 e. The first-order valence-corrected chi connectivity index (χ1v) is 8.12. The molecule has 0 saturated heterocycles. The number of halogens is 1. The van der Waals surface area contributed by atoms with E-state index in [0.717, 1.165) is 10.0 Å². The van der Waals surface area contributed by atoms with E-state index in [1.807, 2.05) is 0 Å². The summed E-state index contributed by atoms with van der Waals surface area (Å²) in [5.41, 5.74) is 4.24. The second-order valence-corrected chi connectivity index (χ2v) is 6.04. The van der Waals surface area contributed by atoms with Crippen LogP contribution < -0.4 is 20.2 Å². The van der Waals surface area contributed by atoms with Crippen molar-refractivity contribution < 1.29 is 19.1 Å². The van der Waals surface area contributed by atoms with Crippen molar-refractivity contribution in [2.45, 2.75) is 6.92 Å². The van der Waals surface area contributed by atoms with Crippen LogP contribution in [0.25, 0.3) is 0 Å². The van der Waals surface area contributed by atoms with Gasteiger partial charge in [0.2, 0.25) is 12.7 Å². The van der Waals surface area contributed by atoms with Crippen LogP contribution in [0.15, 0.2) is 46.0 Å². The zero-order chi connectivity index (χ0) is 17.8. The molecule has 0 radical (unpaired) electrons. The smallest absolute Gasteiger partial charge is 0.271 e. The molecule has 1 heterocycles. The highest BCUT2D eigenvalue weighted by atomic mass is 79.9. The van der Waals surface area contributed by atoms with Gasteiger partial charge in [0.25, 0.3) is 5.91 Å². The van der Waals surface area contributed by atoms with Crippen LogP contribution in [0.2, 0.25) is 0 Å². The molecule has 8 heteroatoms. The molecule has 1 aliphatic heterocycles. The van der Waals surface area contributed by atoms with E-state index in [4.69, 9.17) is 9.47 Å². The molecule has 128 valence electrons. The number of carbonyl (C=O) groups excluding carboxylic acids is 2. The van der Waals surface area contributed by atoms with Crippen LogP contribution in [0.3, 0.4) is 0 Å². The zero-order valence-electron chi connectivity index (χ0n) is 13.2. The third-order valence-electron chi connectivity index (χ3n) is 3.33. The van der Waals surface area contributed by atoms with E-state index in [9.17, 15) is 9.59 Å². The lowest BCUT2D eigenvalue weighted by Gasteiger charge is -2.04. The lowest BCUT2D eigenvalue weighted by atomic mass is 10.2. The number of rotatable bonds is 4. The molecule has 2 aromatic carbocycles. The van der Waals surface area contributed by atoms with Crippen molar-refractivity contribution >= 4 is 39.6 Å². The minimum atomic E-state index is -0.359. The Labute approximate surface area is 152 Å². The summed E-state index contributed by atoms with van der Waals surface area (Å²) >= 11 is 3.42. The fourth-order valence-corrected chi connectivity index (χ4v) is 2.59. The molecule has 25 heavy (non-hydrogen) atoms. The predicted octanol–water partition coefficient (Wildman–Crippen LogP) is 2.90. The van der Waals surface area contributed by atoms with Crippen molar-refractivity contribution in [2.24, 2.45) is 5.10 Å². The first-order chi connectivity index (χ1) is 12.0. The average Bonchev–Trinajstić information content (AvgIpc) is 3.02. The molecule has 0 atom stereocenters. The van der Waals surface area contributed by atoms with E-state index in [0.29, 0.717) is 22.7 Å². The number of nitrogens with zero attached hydrogens (tertiary/aromatic N) is 1. The molecule has 0 spiro atoms. The maximum absolute atomic E-state index is 12.1. The van der Waals surface area contributed by atoms with E-state index >= 15 is 0 Å². The minimum Gasteiger partial charge on any atom is -0.454 e. The number of amides is 2. The molecule has 1 aliphatic rings. The molecule has 0 saturated carbocycles. The van der Waals surface area contributed by atoms with Crippen molar-refractivity contribution in [2.75, 3.05) is 12.1 Å². The Kier molecular flexibility index (Phi) is 4.99. The first-order valence-electron chi connectivity index (χ1n) is 7.33. The highest BCUT2D eigenvalue weighted by molar-refractivity contribution is 9.10. The summed E-state index contributed by atoms with van der Waals surface area (Å²) in [4.78, 5) is 23.0. The van der Waals surface area contributed by atoms with Gasteiger partial charge in [-0.25, -0.2) is 5.43 Å². The van der Waals surface area contributed by atoms with Gasteiger partial charge in [0.05, 0.1) is 6.21 Å². The van der Waals surface area contributed by atoms with Gasteiger partial charge in [-0.2, -0.15) is 5.10 Å². The quantitative estimate of drug-likeness (QED) is 0.606. The number of hydrogen-bond donors (Lipinski definition) is 2. The van der Waals surface area contributed by atoms with Gasteiger partial charge in [-0.1, -0.05) is 0 Å². The number of nitrogens with one attached hydrogen (secondary N) is 2. The van der Waals surface area contributed by atoms with Crippen molar-refractivity contribution in [1.82, 2.24) is 5.43 Å². The van der Waals surface area contributed by atoms with E-state index in [1.165, 1.54) is 13.1 Å². The van der Waals surface area contributed by atoms with Crippen LogP contribution in [-0.2, 0) is 4.79 Å². The zero-order valence-corrected chi connectivity index (χ0v) is 14.8. The van der Waals surface area contributed by atoms with Gasteiger partial charge in [-0.05, 0) is 52.3 Å². The normalized spacial score (nSPS) is 12.2. The number of anilines is 1. The van der Waals surface area contributed by atoms with Gasteiger partial charge >= 0.3 is 0 Å². The molecule has 7 nitrogen and oxygen atoms in total. The first kappa shape index (κ1) is 17.0. The molecule has 0 aliphatic carbocycles. The van der Waals surface area contributed by atoms with Crippen LogP contribution >= 0.6 is 15.9 Å². The summed E-state index contributed by atoms with van der Waals surface area (Å²) in [5, 5.41) is 6.59. The molecule has 2 N–H and O–H groups in total.